The molecule has 16 nitrogen and oxygen atoms in total. The molecule has 69 heavy (non-hydrogen) atoms. The van der Waals surface area contributed by atoms with Crippen LogP contribution in [0.15, 0.2) is 95.7 Å². The molecule has 0 radical (unpaired) electrons. The number of rotatable bonds is 15. The summed E-state index contributed by atoms with van der Waals surface area (Å²) in [5.74, 6) is -3.43. The van der Waals surface area contributed by atoms with E-state index in [2.05, 4.69) is 45.7 Å². The molecule has 2 aromatic heterocycles. The molecule has 1 unspecified atom stereocenters. The van der Waals surface area contributed by atoms with Crippen LogP contribution in [-0.2, 0) is 24.4 Å². The second-order valence-corrected chi connectivity index (χ2v) is 20.9. The van der Waals surface area contributed by atoms with Gasteiger partial charge in [0.05, 0.1) is 27.5 Å². The number of nitro groups is 1. The minimum atomic E-state index is -5.20. The zero-order valence-corrected chi connectivity index (χ0v) is 40.6. The van der Waals surface area contributed by atoms with Crippen molar-refractivity contribution in [2.75, 3.05) is 57.4 Å². The Labute approximate surface area is 405 Å². The Kier molecular flexibility index (Phi) is 14.6. The van der Waals surface area contributed by atoms with Gasteiger partial charge in [0, 0.05) is 93.2 Å². The predicted octanol–water partition coefficient (Wildman–Crippen LogP) is 9.94. The molecule has 3 aromatic carbocycles. The number of nitro benzene ring substituents is 1. The van der Waals surface area contributed by atoms with Crippen LogP contribution in [0.5, 0.6) is 17.2 Å². The highest BCUT2D eigenvalue weighted by molar-refractivity contribution is 7.89. The third-order valence-corrected chi connectivity index (χ3v) is 15.0. The number of nitrogens with zero attached hydrogens (tertiary/aromatic N) is 5. The summed E-state index contributed by atoms with van der Waals surface area (Å²) >= 11 is 6.25. The van der Waals surface area contributed by atoms with Crippen molar-refractivity contribution in [1.29, 1.82) is 0 Å². The van der Waals surface area contributed by atoms with Crippen molar-refractivity contribution in [3.63, 3.8) is 0 Å². The Bertz CT molecular complexity index is 2860. The largest absolute Gasteiger partial charge is 0.483 e. The van der Waals surface area contributed by atoms with Crippen LogP contribution < -0.4 is 14.4 Å². The first-order chi connectivity index (χ1) is 32.9. The third-order valence-electron chi connectivity index (χ3n) is 13.2. The van der Waals surface area contributed by atoms with E-state index in [1.165, 1.54) is 35.9 Å². The molecule has 2 aliphatic heterocycles. The Morgan fingerprint density at radius 3 is 2.45 bits per heavy atom. The molecule has 5 aromatic rings. The first kappa shape index (κ1) is 49.3. The number of halogens is 2. The molecule has 3 aliphatic rings. The molecule has 0 bridgehead atoms. The van der Waals surface area contributed by atoms with Crippen LogP contribution in [0.4, 0.5) is 15.8 Å². The lowest BCUT2D eigenvalue weighted by atomic mass is 9.72. The summed E-state index contributed by atoms with van der Waals surface area (Å²) < 4.78 is 61.6. The summed E-state index contributed by atoms with van der Waals surface area (Å²) in [7, 11) is -5.20. The number of hydrogen-bond donors (Lipinski definition) is 1. The molecule has 4 heterocycles. The lowest BCUT2D eigenvalue weighted by Gasteiger charge is -2.39. The SMILES string of the molecule is CCC(C)C(=O)ON(C(=O)c1ccc(N2CCN(CC3=C(c4ccc(Cl)cc4)CC(C)(C)CC3)CC2)cc1Oc1cnc2[nH]ccc2c1)S(=O)(=O)c1ccc(OCC2(F)CCOCC2)c([N+](=O)[O-])c1. The highest BCUT2D eigenvalue weighted by atomic mass is 35.5. The van der Waals surface area contributed by atoms with Crippen molar-refractivity contribution in [2.24, 2.45) is 11.3 Å². The Balaban J connectivity index is 1.09. The number of ether oxygens (including phenoxy) is 3. The molecule has 1 amide bonds. The number of carbonyl (C=O) groups excluding carboxylic acids is 2. The van der Waals surface area contributed by atoms with Crippen LogP contribution >= 0.6 is 11.6 Å². The van der Waals surface area contributed by atoms with Gasteiger partial charge in [-0.3, -0.25) is 19.8 Å². The minimum Gasteiger partial charge on any atom is -0.483 e. The minimum absolute atomic E-state index is 0.0109. The van der Waals surface area contributed by atoms with E-state index >= 15 is 4.39 Å². The number of aromatic nitrogens is 2. The van der Waals surface area contributed by atoms with Crippen LogP contribution in [0.2, 0.25) is 5.02 Å². The summed E-state index contributed by atoms with van der Waals surface area (Å²) in [5.41, 5.74) is 2.51. The van der Waals surface area contributed by atoms with E-state index in [1.54, 1.807) is 37.4 Å². The fourth-order valence-electron chi connectivity index (χ4n) is 8.71. The molecule has 2 fully saturated rings. The zero-order chi connectivity index (χ0) is 49.1. The van der Waals surface area contributed by atoms with Crippen LogP contribution in [0.1, 0.15) is 82.1 Å². The standard InChI is InChI=1S/C50H56ClFN6O10S/c1-5-33(2)48(60)68-58(69(63,64)40-11-13-44(43(28-40)57(61)62)66-32-50(52)17-24-65-25-18-50)47(59)41-12-10-38(27-45(41)67-39-26-35-15-19-53-46(35)54-30-39)56-22-20-55(21-23-56)31-36-14-16-49(3,4)29-42(36)34-6-8-37(51)9-7-34/h6-13,15,19,26-28,30,33H,5,14,16-18,20-25,29,31-32H2,1-4H3,(H,53,54). The molecule has 1 aliphatic carbocycles. The van der Waals surface area contributed by atoms with Gasteiger partial charge in [0.15, 0.2) is 5.75 Å². The molecule has 0 spiro atoms. The van der Waals surface area contributed by atoms with Crippen molar-refractivity contribution < 1.29 is 46.4 Å². The van der Waals surface area contributed by atoms with Gasteiger partial charge in [0.1, 0.15) is 29.4 Å². The number of carbonyl (C=O) groups is 2. The second kappa shape index (κ2) is 20.5. The number of hydroxylamine groups is 1. The number of pyridine rings is 1. The van der Waals surface area contributed by atoms with Gasteiger partial charge in [0.25, 0.3) is 10.0 Å². The van der Waals surface area contributed by atoms with Gasteiger partial charge in [-0.05, 0) is 95.2 Å². The number of amides is 1. The number of benzene rings is 3. The van der Waals surface area contributed by atoms with Gasteiger partial charge in [-0.1, -0.05) is 57.0 Å². The number of fused-ring (bicyclic) bond motifs is 1. The summed E-state index contributed by atoms with van der Waals surface area (Å²) in [6, 6.07) is 18.9. The predicted molar refractivity (Wildman–Crippen MR) is 259 cm³/mol. The molecule has 8 rings (SSSR count). The van der Waals surface area contributed by atoms with Gasteiger partial charge in [0.2, 0.25) is 0 Å². The van der Waals surface area contributed by atoms with Crippen molar-refractivity contribution in [3.05, 3.63) is 117 Å². The summed E-state index contributed by atoms with van der Waals surface area (Å²) in [6.07, 6.45) is 6.49. The fraction of sp³-hybridized carbons (Fsp3) is 0.420. The van der Waals surface area contributed by atoms with E-state index in [-0.39, 0.29) is 59.4 Å². The maximum atomic E-state index is 15.4. The normalized spacial score (nSPS) is 17.9. The van der Waals surface area contributed by atoms with Gasteiger partial charge in [-0.25, -0.2) is 14.2 Å². The third kappa shape index (κ3) is 11.4. The monoisotopic (exact) mass is 986 g/mol. The molecule has 2 saturated heterocycles. The van der Waals surface area contributed by atoms with E-state index in [0.717, 1.165) is 51.0 Å². The van der Waals surface area contributed by atoms with Crippen LogP contribution in [-0.4, -0.2) is 103 Å². The van der Waals surface area contributed by atoms with E-state index < -0.39 is 61.3 Å². The maximum absolute atomic E-state index is 15.4. The summed E-state index contributed by atoms with van der Waals surface area (Å²) in [5, 5.41) is 13.7. The topological polar surface area (TPSA) is 187 Å². The number of alkyl halides is 1. The van der Waals surface area contributed by atoms with Crippen LogP contribution in [0, 0.1) is 21.4 Å². The number of nitrogens with one attached hydrogen (secondary N) is 1. The smallest absolute Gasteiger partial charge is 0.336 e. The average Bonchev–Trinajstić information content (AvgIpc) is 3.81. The number of anilines is 1. The lowest BCUT2D eigenvalue weighted by Crippen LogP contribution is -2.47. The first-order valence-corrected chi connectivity index (χ1v) is 24.9. The molecule has 0 saturated carbocycles. The number of aromatic amines is 1. The molecule has 1 atom stereocenters. The van der Waals surface area contributed by atoms with E-state index in [0.29, 0.717) is 40.9 Å². The molecule has 19 heteroatoms. The van der Waals surface area contributed by atoms with E-state index in [1.807, 2.05) is 12.1 Å². The van der Waals surface area contributed by atoms with E-state index in [4.69, 9.17) is 30.6 Å². The summed E-state index contributed by atoms with van der Waals surface area (Å²) in [4.78, 5) is 56.4. The second-order valence-electron chi connectivity index (χ2n) is 18.8. The number of H-pyrrole nitrogens is 1. The zero-order valence-electron chi connectivity index (χ0n) is 39.0. The van der Waals surface area contributed by atoms with Gasteiger partial charge >= 0.3 is 17.6 Å². The van der Waals surface area contributed by atoms with Crippen molar-refractivity contribution >= 4 is 61.5 Å². The van der Waals surface area contributed by atoms with Gasteiger partial charge in [-0.2, -0.15) is 8.42 Å². The molecular formula is C50H56ClFN6O10S. The number of hydrogen-bond acceptors (Lipinski definition) is 13. The summed E-state index contributed by atoms with van der Waals surface area (Å²) in [6.45, 7) is 11.1. The Morgan fingerprint density at radius 1 is 1.00 bits per heavy atom. The van der Waals surface area contributed by atoms with Crippen LogP contribution in [0.3, 0.4) is 0 Å². The molecular weight excluding hydrogens is 931 g/mol. The van der Waals surface area contributed by atoms with Crippen molar-refractivity contribution in [3.8, 4) is 17.2 Å². The first-order valence-electron chi connectivity index (χ1n) is 23.1. The number of piperazine rings is 1. The maximum Gasteiger partial charge on any atom is 0.336 e. The molecule has 1 N–H and O–H groups in total. The average molecular weight is 988 g/mol. The lowest BCUT2D eigenvalue weighted by molar-refractivity contribution is -0.386. The van der Waals surface area contributed by atoms with Crippen LogP contribution in [0.25, 0.3) is 16.6 Å². The van der Waals surface area contributed by atoms with Gasteiger partial charge < -0.3 is 28.9 Å². The van der Waals surface area contributed by atoms with Crippen molar-refractivity contribution in [1.82, 2.24) is 19.3 Å². The highest BCUT2D eigenvalue weighted by Gasteiger charge is 2.40. The number of allylic oxidation sites excluding steroid dienone is 1. The Hall–Kier alpha value is -6.08. The number of sulfonamides is 1. The molecule has 366 valence electrons. The highest BCUT2D eigenvalue weighted by Crippen LogP contribution is 2.44. The Morgan fingerprint density at radius 2 is 1.74 bits per heavy atom. The quantitative estimate of drug-likeness (QED) is 0.0772. The van der Waals surface area contributed by atoms with Crippen molar-refractivity contribution in [2.45, 2.75) is 76.8 Å². The fourth-order valence-corrected chi connectivity index (χ4v) is 10.0. The van der Waals surface area contributed by atoms with Gasteiger partial charge in [-0.15, -0.1) is 0 Å². The van der Waals surface area contributed by atoms with E-state index in [9.17, 15) is 28.1 Å².